The van der Waals surface area contributed by atoms with Crippen LogP contribution in [0.1, 0.15) is 16.7 Å². The molecular weight excluding hydrogens is 338 g/mol. The molecule has 1 fully saturated rings. The van der Waals surface area contributed by atoms with Crippen molar-refractivity contribution in [3.63, 3.8) is 0 Å². The zero-order chi connectivity index (χ0) is 17.5. The van der Waals surface area contributed by atoms with Crippen molar-refractivity contribution >= 4 is 23.7 Å². The van der Waals surface area contributed by atoms with Crippen LogP contribution in [0.15, 0.2) is 89.9 Å². The Hall–Kier alpha value is -2.36. The lowest BCUT2D eigenvalue weighted by atomic mass is 9.67. The maximum Gasteiger partial charge on any atom is 0.160 e. The van der Waals surface area contributed by atoms with Gasteiger partial charge in [-0.25, -0.2) is 0 Å². The summed E-state index contributed by atoms with van der Waals surface area (Å²) in [6.45, 7) is 0.744. The third kappa shape index (κ3) is 2.08. The fourth-order valence-electron chi connectivity index (χ4n) is 4.22. The summed E-state index contributed by atoms with van der Waals surface area (Å²) in [4.78, 5) is 4.39. The van der Waals surface area contributed by atoms with Crippen molar-refractivity contribution in [2.45, 2.75) is 10.3 Å². The summed E-state index contributed by atoms with van der Waals surface area (Å²) < 4.78 is 6.60. The second kappa shape index (κ2) is 6.11. The molecule has 1 saturated heterocycles. The Morgan fingerprint density at radius 2 is 1.38 bits per heavy atom. The van der Waals surface area contributed by atoms with Gasteiger partial charge in [-0.1, -0.05) is 78.9 Å². The van der Waals surface area contributed by atoms with Crippen LogP contribution in [0.5, 0.6) is 0 Å². The monoisotopic (exact) mass is 357 g/mol. The van der Waals surface area contributed by atoms with Gasteiger partial charge in [0.2, 0.25) is 0 Å². The summed E-state index contributed by atoms with van der Waals surface area (Å²) >= 11 is 1.89. The zero-order valence-electron chi connectivity index (χ0n) is 14.3. The van der Waals surface area contributed by atoms with Crippen LogP contribution in [0, 0.1) is 0 Å². The minimum absolute atomic E-state index is 0.467. The van der Waals surface area contributed by atoms with Crippen LogP contribution >= 0.6 is 11.8 Å². The molecular formula is C23H19NOS. The highest BCUT2D eigenvalue weighted by Gasteiger charge is 2.59. The minimum Gasteiger partial charge on any atom is -0.357 e. The van der Waals surface area contributed by atoms with Crippen LogP contribution in [0.2, 0.25) is 0 Å². The number of benzene rings is 3. The van der Waals surface area contributed by atoms with Gasteiger partial charge in [0.25, 0.3) is 0 Å². The number of hydrogen-bond donors (Lipinski definition) is 0. The Bertz CT molecular complexity index is 907. The number of ether oxygens (including phenoxy) is 1. The first-order valence-corrected chi connectivity index (χ1v) is 9.89. The smallest absolute Gasteiger partial charge is 0.160 e. The summed E-state index contributed by atoms with van der Waals surface area (Å²) in [5.41, 5.74) is 4.12. The van der Waals surface area contributed by atoms with E-state index in [1.165, 1.54) is 11.1 Å². The van der Waals surface area contributed by atoms with E-state index in [0.717, 1.165) is 23.6 Å². The van der Waals surface area contributed by atoms with Gasteiger partial charge in [-0.15, -0.1) is 11.8 Å². The first kappa shape index (κ1) is 15.9. The predicted octanol–water partition coefficient (Wildman–Crippen LogP) is 5.31. The van der Waals surface area contributed by atoms with E-state index >= 15 is 0 Å². The highest BCUT2D eigenvalue weighted by molar-refractivity contribution is 8.00. The lowest BCUT2D eigenvalue weighted by molar-refractivity contribution is 0.0202. The van der Waals surface area contributed by atoms with E-state index in [1.54, 1.807) is 0 Å². The molecule has 3 aromatic carbocycles. The maximum atomic E-state index is 6.60. The largest absolute Gasteiger partial charge is 0.357 e. The third-order valence-corrected chi connectivity index (χ3v) is 6.76. The molecule has 1 spiro atoms. The molecule has 5 rings (SSSR count). The Balaban J connectivity index is 1.88. The number of rotatable bonds is 2. The normalized spacial score (nSPS) is 23.1. The molecule has 0 aliphatic carbocycles. The van der Waals surface area contributed by atoms with Crippen LogP contribution in [-0.2, 0) is 15.1 Å². The van der Waals surface area contributed by atoms with E-state index in [2.05, 4.69) is 85.1 Å². The molecule has 2 aliphatic heterocycles. The number of hydrogen-bond acceptors (Lipinski definition) is 3. The van der Waals surface area contributed by atoms with Crippen molar-refractivity contribution in [2.75, 3.05) is 12.4 Å². The molecule has 26 heavy (non-hydrogen) atoms. The average molecular weight is 357 g/mol. The Labute approximate surface area is 157 Å². The fourth-order valence-corrected chi connectivity index (χ4v) is 5.69. The van der Waals surface area contributed by atoms with E-state index in [9.17, 15) is 0 Å². The molecule has 2 nitrogen and oxygen atoms in total. The summed E-state index contributed by atoms with van der Waals surface area (Å²) in [5, 5.41) is 0. The van der Waals surface area contributed by atoms with Crippen LogP contribution in [0.4, 0.5) is 5.69 Å². The van der Waals surface area contributed by atoms with Crippen LogP contribution < -0.4 is 0 Å². The highest BCUT2D eigenvalue weighted by atomic mass is 32.2. The number of aliphatic imine (C=N–C) groups is 1. The Kier molecular flexibility index (Phi) is 3.73. The minimum atomic E-state index is -0.506. The zero-order valence-corrected chi connectivity index (χ0v) is 15.2. The summed E-state index contributed by atoms with van der Waals surface area (Å²) in [6, 6.07) is 29.7. The van der Waals surface area contributed by atoms with Crippen molar-refractivity contribution in [1.82, 2.24) is 0 Å². The molecule has 3 heteroatoms. The van der Waals surface area contributed by atoms with Crippen LogP contribution in [-0.4, -0.2) is 18.6 Å². The van der Waals surface area contributed by atoms with Gasteiger partial charge in [0.05, 0.1) is 17.7 Å². The summed E-state index contributed by atoms with van der Waals surface area (Å²) in [7, 11) is 0. The quantitative estimate of drug-likeness (QED) is 0.620. The molecule has 0 aromatic heterocycles. The predicted molar refractivity (Wildman–Crippen MR) is 108 cm³/mol. The Morgan fingerprint density at radius 3 is 2.00 bits per heavy atom. The standard InChI is InChI=1S/C23H19NOS/c1-3-9-18(10-4-1)22(19-11-5-2-6-12-19)17-24-21-14-8-7-13-20(21)23(22)25-15-16-26-23/h1-14,17H,15-16H2. The van der Waals surface area contributed by atoms with E-state index in [0.29, 0.717) is 0 Å². The molecule has 1 atom stereocenters. The molecule has 1 unspecified atom stereocenters. The molecule has 0 saturated carbocycles. The van der Waals surface area contributed by atoms with Gasteiger partial charge < -0.3 is 4.74 Å². The van der Waals surface area contributed by atoms with Gasteiger partial charge in [-0.2, -0.15) is 0 Å². The third-order valence-electron chi connectivity index (χ3n) is 5.33. The molecule has 0 radical (unpaired) electrons. The lowest BCUT2D eigenvalue weighted by Crippen LogP contribution is -2.50. The molecule has 0 amide bonds. The van der Waals surface area contributed by atoms with Gasteiger partial charge in [0.15, 0.2) is 4.93 Å². The second-order valence-corrected chi connectivity index (χ2v) is 7.90. The van der Waals surface area contributed by atoms with Crippen molar-refractivity contribution < 1.29 is 4.74 Å². The van der Waals surface area contributed by atoms with Crippen LogP contribution in [0.25, 0.3) is 0 Å². The molecule has 3 aromatic rings. The number of thioether (sulfide) groups is 1. The lowest BCUT2D eigenvalue weighted by Gasteiger charge is -2.48. The first-order valence-electron chi connectivity index (χ1n) is 8.90. The number of para-hydroxylation sites is 1. The topological polar surface area (TPSA) is 21.6 Å². The fraction of sp³-hybridized carbons (Fsp3) is 0.174. The molecule has 128 valence electrons. The van der Waals surface area contributed by atoms with E-state index in [4.69, 9.17) is 9.73 Å². The SMILES string of the molecule is C1=Nc2ccccc2C2(OCCS2)C1(c1ccccc1)c1ccccc1. The van der Waals surface area contributed by atoms with E-state index in [-0.39, 0.29) is 0 Å². The second-order valence-electron chi connectivity index (χ2n) is 6.63. The molecule has 2 aliphatic rings. The van der Waals surface area contributed by atoms with E-state index in [1.807, 2.05) is 17.8 Å². The van der Waals surface area contributed by atoms with Crippen molar-refractivity contribution in [2.24, 2.45) is 4.99 Å². The maximum absolute atomic E-state index is 6.60. The highest BCUT2D eigenvalue weighted by Crippen LogP contribution is 2.61. The van der Waals surface area contributed by atoms with Gasteiger partial charge in [-0.05, 0) is 17.2 Å². The molecule has 0 N–H and O–H groups in total. The Morgan fingerprint density at radius 1 is 0.769 bits per heavy atom. The summed E-state index contributed by atoms with van der Waals surface area (Å²) in [5.74, 6) is 0.976. The van der Waals surface area contributed by atoms with Crippen LogP contribution in [0.3, 0.4) is 0 Å². The van der Waals surface area contributed by atoms with Crippen molar-refractivity contribution in [1.29, 1.82) is 0 Å². The molecule has 0 bridgehead atoms. The number of fused-ring (bicyclic) bond motifs is 2. The van der Waals surface area contributed by atoms with E-state index < -0.39 is 10.3 Å². The van der Waals surface area contributed by atoms with Crippen molar-refractivity contribution in [3.8, 4) is 0 Å². The molecule has 2 heterocycles. The average Bonchev–Trinajstić information content (AvgIpc) is 3.21. The van der Waals surface area contributed by atoms with Gasteiger partial charge >= 0.3 is 0 Å². The van der Waals surface area contributed by atoms with Crippen molar-refractivity contribution in [3.05, 3.63) is 102 Å². The van der Waals surface area contributed by atoms with Gasteiger partial charge in [0.1, 0.15) is 0 Å². The first-order chi connectivity index (χ1) is 12.9. The number of nitrogens with zero attached hydrogens (tertiary/aromatic N) is 1. The summed E-state index contributed by atoms with van der Waals surface area (Å²) in [6.07, 6.45) is 2.11. The van der Waals surface area contributed by atoms with Gasteiger partial charge in [-0.3, -0.25) is 4.99 Å². The van der Waals surface area contributed by atoms with Gasteiger partial charge in [0, 0.05) is 17.5 Å².